The maximum absolute atomic E-state index is 13.8. The summed E-state index contributed by atoms with van der Waals surface area (Å²) in [5.74, 6) is -3.34. The van der Waals surface area contributed by atoms with Crippen molar-refractivity contribution >= 4 is 39.7 Å². The molecule has 6 aromatic rings. The van der Waals surface area contributed by atoms with Gasteiger partial charge < -0.3 is 9.67 Å². The van der Waals surface area contributed by atoms with Gasteiger partial charge in [-0.3, -0.25) is 14.2 Å². The zero-order valence-electron chi connectivity index (χ0n) is 23.4. The van der Waals surface area contributed by atoms with Crippen molar-refractivity contribution in [3.63, 3.8) is 0 Å². The SMILES string of the molecule is O=C(c1c(O)c2ccccc2n(-c2ccccc2)c1=O)C(F)(F)F.O=P(c1ccccc1)(c1ccccc1)c1ccccc1.[Eu]. The Balaban J connectivity index is 0.000000203. The fraction of sp³-hybridized carbons (Fsp3) is 0.0286. The van der Waals surface area contributed by atoms with E-state index < -0.39 is 36.0 Å². The van der Waals surface area contributed by atoms with E-state index in [0.717, 1.165) is 20.5 Å². The number of carbonyl (C=O) groups excluding carboxylic acids is 1. The van der Waals surface area contributed by atoms with E-state index in [-0.39, 0.29) is 66.0 Å². The van der Waals surface area contributed by atoms with Crippen molar-refractivity contribution in [2.45, 2.75) is 6.18 Å². The fourth-order valence-electron chi connectivity index (χ4n) is 4.87. The molecule has 10 heteroatoms. The number of hydrogen-bond donors (Lipinski definition) is 1. The summed E-state index contributed by atoms with van der Waals surface area (Å²) in [4.78, 5) is 24.2. The van der Waals surface area contributed by atoms with Crippen molar-refractivity contribution in [3.8, 4) is 11.4 Å². The van der Waals surface area contributed by atoms with Crippen LogP contribution in [-0.2, 0) is 4.57 Å². The average molecular weight is 764 g/mol. The Hall–Kier alpha value is -3.62. The normalized spacial score (nSPS) is 11.2. The Labute approximate surface area is 297 Å². The first-order valence-corrected chi connectivity index (χ1v) is 15.1. The fourth-order valence-corrected chi connectivity index (χ4v) is 7.54. The number of fused-ring (bicyclic) bond motifs is 1. The number of Topliss-reactive ketones (excluding diaryl/α,β-unsaturated/α-hetero) is 1. The minimum absolute atomic E-state index is 0. The molecule has 6 rings (SSSR count). The number of pyridine rings is 1. The Kier molecular flexibility index (Phi) is 11.2. The molecule has 1 N–H and O–H groups in total. The molecular formula is C35H25EuF3NO4P. The number of aromatic hydroxyl groups is 1. The van der Waals surface area contributed by atoms with E-state index >= 15 is 0 Å². The average Bonchev–Trinajstić information content (AvgIpc) is 3.06. The van der Waals surface area contributed by atoms with Gasteiger partial charge in [0, 0.05) is 76.4 Å². The summed E-state index contributed by atoms with van der Waals surface area (Å²) in [6.45, 7) is 0. The van der Waals surface area contributed by atoms with Crippen LogP contribution in [0.5, 0.6) is 5.75 Å². The van der Waals surface area contributed by atoms with E-state index in [9.17, 15) is 32.4 Å². The van der Waals surface area contributed by atoms with E-state index in [4.69, 9.17) is 0 Å². The van der Waals surface area contributed by atoms with Gasteiger partial charge in [0.15, 0.2) is 7.14 Å². The van der Waals surface area contributed by atoms with Crippen LogP contribution in [0.1, 0.15) is 10.4 Å². The zero-order chi connectivity index (χ0) is 31.3. The number of benzene rings is 5. The molecule has 5 nitrogen and oxygen atoms in total. The van der Waals surface area contributed by atoms with Crippen molar-refractivity contribution in [3.05, 3.63) is 162 Å². The summed E-state index contributed by atoms with van der Waals surface area (Å²) in [7, 11) is -2.78. The van der Waals surface area contributed by atoms with E-state index in [1.54, 1.807) is 24.3 Å². The molecule has 0 atom stereocenters. The van der Waals surface area contributed by atoms with Gasteiger partial charge in [0.25, 0.3) is 11.3 Å². The number of para-hydroxylation sites is 2. The minimum Gasteiger partial charge on any atom is -0.506 e. The van der Waals surface area contributed by atoms with Gasteiger partial charge in [0.05, 0.1) is 5.52 Å². The van der Waals surface area contributed by atoms with Gasteiger partial charge in [0.1, 0.15) is 11.3 Å². The summed E-state index contributed by atoms with van der Waals surface area (Å²) in [5, 5.41) is 12.7. The Morgan fingerprint density at radius 3 is 1.42 bits per heavy atom. The van der Waals surface area contributed by atoms with Crippen molar-refractivity contribution in [2.75, 3.05) is 0 Å². The first kappa shape index (κ1) is 34.3. The molecule has 0 aliphatic carbocycles. The molecule has 1 heterocycles. The number of rotatable bonds is 5. The zero-order valence-corrected chi connectivity index (χ0v) is 26.8. The van der Waals surface area contributed by atoms with Crippen LogP contribution in [0.4, 0.5) is 13.2 Å². The Bertz CT molecular complexity index is 1920. The van der Waals surface area contributed by atoms with Gasteiger partial charge in [-0.1, -0.05) is 121 Å². The molecule has 5 aromatic carbocycles. The van der Waals surface area contributed by atoms with Crippen LogP contribution in [0.25, 0.3) is 16.6 Å². The third-order valence-corrected chi connectivity index (χ3v) is 9.99. The number of carbonyl (C=O) groups is 1. The van der Waals surface area contributed by atoms with Crippen molar-refractivity contribution < 1.29 is 77.0 Å². The monoisotopic (exact) mass is 764 g/mol. The number of alkyl halides is 3. The predicted octanol–water partition coefficient (Wildman–Crippen LogP) is 6.77. The molecule has 0 spiro atoms. The van der Waals surface area contributed by atoms with Crippen LogP contribution >= 0.6 is 7.14 Å². The van der Waals surface area contributed by atoms with Crippen LogP contribution in [0, 0.1) is 49.4 Å². The predicted molar refractivity (Wildman–Crippen MR) is 167 cm³/mol. The second-order valence-corrected chi connectivity index (χ2v) is 12.4. The second-order valence-electron chi connectivity index (χ2n) is 9.66. The molecule has 45 heavy (non-hydrogen) atoms. The van der Waals surface area contributed by atoms with Gasteiger partial charge in [-0.2, -0.15) is 13.2 Å². The molecular weight excluding hydrogens is 738 g/mol. The van der Waals surface area contributed by atoms with Crippen LogP contribution in [0.2, 0.25) is 0 Å². The van der Waals surface area contributed by atoms with Gasteiger partial charge >= 0.3 is 6.18 Å². The smallest absolute Gasteiger partial charge is 0.455 e. The van der Waals surface area contributed by atoms with E-state index in [0.29, 0.717) is 0 Å². The molecule has 0 saturated heterocycles. The Morgan fingerprint density at radius 2 is 1.00 bits per heavy atom. The number of ketones is 1. The van der Waals surface area contributed by atoms with E-state index in [1.165, 1.54) is 30.3 Å². The maximum atomic E-state index is 13.8. The molecule has 0 aliphatic heterocycles. The van der Waals surface area contributed by atoms with Crippen molar-refractivity contribution in [1.29, 1.82) is 0 Å². The van der Waals surface area contributed by atoms with Gasteiger partial charge in [0.2, 0.25) is 0 Å². The summed E-state index contributed by atoms with van der Waals surface area (Å²) in [6, 6.07) is 43.0. The standard InChI is InChI=1S/C18H15OP.C17H10F3NO3.Eu/c19-20(16-10-4-1-5-11-16,17-12-6-2-7-13-17)18-14-8-3-9-15-18;18-17(19,20)15(23)13-14(22)11-8-4-5-9-12(11)21(16(13)24)10-6-2-1-3-7-10;/h1-15H;1-9,22H;. The van der Waals surface area contributed by atoms with E-state index in [1.807, 2.05) is 91.0 Å². The quantitative estimate of drug-likeness (QED) is 0.156. The van der Waals surface area contributed by atoms with Crippen LogP contribution < -0.4 is 21.5 Å². The van der Waals surface area contributed by atoms with Gasteiger partial charge in [-0.05, 0) is 24.3 Å². The third kappa shape index (κ3) is 7.12. The molecule has 1 radical (unpaired) electrons. The second kappa shape index (κ2) is 14.7. The van der Waals surface area contributed by atoms with Crippen LogP contribution in [0.3, 0.4) is 0 Å². The molecule has 0 amide bonds. The van der Waals surface area contributed by atoms with Crippen LogP contribution in [0.15, 0.2) is 150 Å². The molecule has 0 saturated carbocycles. The Morgan fingerprint density at radius 1 is 0.622 bits per heavy atom. The summed E-state index contributed by atoms with van der Waals surface area (Å²) >= 11 is 0. The molecule has 0 fully saturated rings. The molecule has 0 bridgehead atoms. The maximum Gasteiger partial charge on any atom is 0.455 e. The first-order valence-electron chi connectivity index (χ1n) is 13.4. The largest absolute Gasteiger partial charge is 0.506 e. The minimum atomic E-state index is -5.27. The van der Waals surface area contributed by atoms with Crippen molar-refractivity contribution in [2.24, 2.45) is 0 Å². The molecule has 0 aliphatic rings. The summed E-state index contributed by atoms with van der Waals surface area (Å²) in [6.07, 6.45) is -5.27. The number of hydrogen-bond acceptors (Lipinski definition) is 4. The number of nitrogens with zero attached hydrogens (tertiary/aromatic N) is 1. The van der Waals surface area contributed by atoms with E-state index in [2.05, 4.69) is 0 Å². The van der Waals surface area contributed by atoms with Crippen LogP contribution in [-0.4, -0.2) is 21.6 Å². The number of aromatic nitrogens is 1. The number of halogens is 3. The van der Waals surface area contributed by atoms with Gasteiger partial charge in [-0.15, -0.1) is 0 Å². The molecule has 0 unspecified atom stereocenters. The summed E-state index contributed by atoms with van der Waals surface area (Å²) in [5.41, 5.74) is -2.02. The topological polar surface area (TPSA) is 76.4 Å². The van der Waals surface area contributed by atoms with Crippen molar-refractivity contribution in [1.82, 2.24) is 4.57 Å². The third-order valence-electron chi connectivity index (χ3n) is 6.91. The molecule has 1 aromatic heterocycles. The first-order chi connectivity index (χ1) is 21.1. The summed E-state index contributed by atoms with van der Waals surface area (Å²) < 4.78 is 53.3. The van der Waals surface area contributed by atoms with Gasteiger partial charge in [-0.25, -0.2) is 0 Å². The molecule has 227 valence electrons.